The third-order valence-corrected chi connectivity index (χ3v) is 6.11. The second kappa shape index (κ2) is 8.31. The Morgan fingerprint density at radius 1 is 1.24 bits per heavy atom. The first-order valence-corrected chi connectivity index (χ1v) is 10.7. The predicted octanol–water partition coefficient (Wildman–Crippen LogP) is 3.30. The summed E-state index contributed by atoms with van der Waals surface area (Å²) < 4.78 is 86.8. The number of nitrogens with zero attached hydrogens (tertiary/aromatic N) is 2. The number of hydrogen-bond donors (Lipinski definition) is 1. The minimum atomic E-state index is -4.55. The fourth-order valence-electron chi connectivity index (χ4n) is 3.37. The van der Waals surface area contributed by atoms with Crippen molar-refractivity contribution in [3.63, 3.8) is 0 Å². The molecular formula is C18H21F4N3O3S. The van der Waals surface area contributed by atoms with E-state index in [0.717, 1.165) is 12.5 Å². The Hall–Kier alpha value is -2.14. The van der Waals surface area contributed by atoms with Crippen molar-refractivity contribution in [2.24, 2.45) is 0 Å². The van der Waals surface area contributed by atoms with E-state index in [2.05, 4.69) is 9.82 Å². The van der Waals surface area contributed by atoms with Crippen LogP contribution in [0.4, 0.5) is 17.6 Å². The van der Waals surface area contributed by atoms with Gasteiger partial charge in [-0.2, -0.15) is 18.3 Å². The van der Waals surface area contributed by atoms with Crippen molar-refractivity contribution in [1.82, 2.24) is 14.5 Å². The van der Waals surface area contributed by atoms with Gasteiger partial charge in [0, 0.05) is 17.8 Å². The Bertz CT molecular complexity index is 987. The van der Waals surface area contributed by atoms with E-state index in [1.807, 2.05) is 0 Å². The van der Waals surface area contributed by atoms with Crippen LogP contribution in [0.15, 0.2) is 23.1 Å². The molecule has 1 aromatic heterocycles. The van der Waals surface area contributed by atoms with Gasteiger partial charge in [0.1, 0.15) is 0 Å². The monoisotopic (exact) mass is 435 g/mol. The molecule has 0 saturated heterocycles. The second-order valence-electron chi connectivity index (χ2n) is 6.62. The number of benzene rings is 1. The Morgan fingerprint density at radius 2 is 1.97 bits per heavy atom. The number of nitrogens with one attached hydrogen (secondary N) is 1. The summed E-state index contributed by atoms with van der Waals surface area (Å²) in [6, 6.07) is 3.26. The zero-order chi connectivity index (χ0) is 21.2. The number of alkyl halides is 3. The molecule has 0 fully saturated rings. The molecule has 1 heterocycles. The molecule has 160 valence electrons. The van der Waals surface area contributed by atoms with E-state index in [4.69, 9.17) is 4.74 Å². The predicted molar refractivity (Wildman–Crippen MR) is 96.6 cm³/mol. The minimum Gasteiger partial charge on any atom is -0.491 e. The van der Waals surface area contributed by atoms with Crippen LogP contribution < -0.4 is 9.46 Å². The Labute approximate surface area is 165 Å². The largest absolute Gasteiger partial charge is 0.491 e. The van der Waals surface area contributed by atoms with Crippen LogP contribution in [-0.4, -0.2) is 31.3 Å². The average Bonchev–Trinajstić information content (AvgIpc) is 3.03. The van der Waals surface area contributed by atoms with E-state index in [1.165, 1.54) is 16.8 Å². The van der Waals surface area contributed by atoms with Gasteiger partial charge in [-0.15, -0.1) is 0 Å². The minimum absolute atomic E-state index is 0.0584. The van der Waals surface area contributed by atoms with Gasteiger partial charge in [-0.3, -0.25) is 4.68 Å². The van der Waals surface area contributed by atoms with Gasteiger partial charge < -0.3 is 4.74 Å². The van der Waals surface area contributed by atoms with Gasteiger partial charge in [0.05, 0.1) is 18.0 Å². The molecule has 1 aliphatic rings. The van der Waals surface area contributed by atoms with E-state index in [9.17, 15) is 26.0 Å². The number of halogens is 4. The normalized spacial score (nSPS) is 14.7. The van der Waals surface area contributed by atoms with E-state index in [-0.39, 0.29) is 35.9 Å². The smallest absolute Gasteiger partial charge is 0.435 e. The number of fused-ring (bicyclic) bond motifs is 1. The highest BCUT2D eigenvalue weighted by molar-refractivity contribution is 7.89. The van der Waals surface area contributed by atoms with Gasteiger partial charge in [0.2, 0.25) is 10.0 Å². The van der Waals surface area contributed by atoms with Crippen molar-refractivity contribution in [3.05, 3.63) is 41.0 Å². The Balaban J connectivity index is 1.73. The molecule has 1 N–H and O–H groups in total. The zero-order valence-electron chi connectivity index (χ0n) is 15.7. The molecule has 0 bridgehead atoms. The summed E-state index contributed by atoms with van der Waals surface area (Å²) in [6.07, 6.45) is -2.35. The Kier molecular flexibility index (Phi) is 6.18. The summed E-state index contributed by atoms with van der Waals surface area (Å²) in [7, 11) is -4.04. The fourth-order valence-corrected chi connectivity index (χ4v) is 4.41. The van der Waals surface area contributed by atoms with Crippen molar-refractivity contribution < 1.29 is 30.7 Å². The van der Waals surface area contributed by atoms with Crippen LogP contribution in [-0.2, 0) is 35.6 Å². The molecule has 6 nitrogen and oxygen atoms in total. The molecule has 3 rings (SSSR count). The average molecular weight is 435 g/mol. The Morgan fingerprint density at radius 3 is 2.62 bits per heavy atom. The van der Waals surface area contributed by atoms with E-state index in [1.54, 1.807) is 6.92 Å². The summed E-state index contributed by atoms with van der Waals surface area (Å²) in [5, 5.41) is 3.68. The number of aromatic nitrogens is 2. The summed E-state index contributed by atoms with van der Waals surface area (Å²) in [5.41, 5.74) is -0.210. The SMILES string of the molecule is CCOc1ccc(S(=O)(=O)NCCn2nc(C(F)(F)F)c3c2CCCC3)cc1F. The lowest BCUT2D eigenvalue weighted by molar-refractivity contribution is -0.142. The molecule has 0 spiro atoms. The molecule has 11 heteroatoms. The standard InChI is InChI=1S/C18H21F4N3O3S/c1-2-28-16-8-7-12(11-14(16)19)29(26,27)23-9-10-25-15-6-4-3-5-13(15)17(24-25)18(20,21)22/h7-8,11,23H,2-6,9-10H2,1H3. The second-order valence-corrected chi connectivity index (χ2v) is 8.39. The van der Waals surface area contributed by atoms with Crippen molar-refractivity contribution in [2.45, 2.75) is 50.2 Å². The molecule has 0 aliphatic heterocycles. The molecule has 2 aromatic rings. The van der Waals surface area contributed by atoms with Gasteiger partial charge in [-0.25, -0.2) is 17.5 Å². The summed E-state index contributed by atoms with van der Waals surface area (Å²) in [5.74, 6) is -0.875. The van der Waals surface area contributed by atoms with Gasteiger partial charge >= 0.3 is 6.18 Å². The lowest BCUT2D eigenvalue weighted by Crippen LogP contribution is -2.28. The van der Waals surface area contributed by atoms with Crippen LogP contribution in [0.2, 0.25) is 0 Å². The molecular weight excluding hydrogens is 414 g/mol. The fraction of sp³-hybridized carbons (Fsp3) is 0.500. The van der Waals surface area contributed by atoms with Crippen LogP contribution in [0.3, 0.4) is 0 Å². The van der Waals surface area contributed by atoms with E-state index < -0.39 is 27.7 Å². The number of rotatable bonds is 7. The van der Waals surface area contributed by atoms with E-state index >= 15 is 0 Å². The molecule has 1 aromatic carbocycles. The van der Waals surface area contributed by atoms with Crippen LogP contribution >= 0.6 is 0 Å². The van der Waals surface area contributed by atoms with Crippen molar-refractivity contribution in [3.8, 4) is 5.75 Å². The van der Waals surface area contributed by atoms with Crippen LogP contribution in [0.5, 0.6) is 5.75 Å². The molecule has 1 aliphatic carbocycles. The first-order chi connectivity index (χ1) is 13.6. The summed E-state index contributed by atoms with van der Waals surface area (Å²) in [6.45, 7) is 1.67. The van der Waals surface area contributed by atoms with Gasteiger partial charge in [0.25, 0.3) is 0 Å². The topological polar surface area (TPSA) is 73.2 Å². The number of ether oxygens (including phenoxy) is 1. The highest BCUT2D eigenvalue weighted by atomic mass is 32.2. The maximum atomic E-state index is 13.9. The first-order valence-electron chi connectivity index (χ1n) is 9.21. The third kappa shape index (κ3) is 4.72. The van der Waals surface area contributed by atoms with Gasteiger partial charge in [0.15, 0.2) is 17.3 Å². The van der Waals surface area contributed by atoms with Crippen molar-refractivity contribution >= 4 is 10.0 Å². The quantitative estimate of drug-likeness (QED) is 0.678. The molecule has 0 saturated carbocycles. The lowest BCUT2D eigenvalue weighted by atomic mass is 9.95. The van der Waals surface area contributed by atoms with Gasteiger partial charge in [-0.05, 0) is 50.8 Å². The molecule has 29 heavy (non-hydrogen) atoms. The highest BCUT2D eigenvalue weighted by Gasteiger charge is 2.39. The van der Waals surface area contributed by atoms with Crippen molar-refractivity contribution in [2.75, 3.05) is 13.2 Å². The van der Waals surface area contributed by atoms with Crippen LogP contribution in [0, 0.1) is 5.82 Å². The molecule has 0 amide bonds. The summed E-state index contributed by atoms with van der Waals surface area (Å²) >= 11 is 0. The maximum absolute atomic E-state index is 13.9. The molecule has 0 radical (unpaired) electrons. The lowest BCUT2D eigenvalue weighted by Gasteiger charge is -2.15. The third-order valence-electron chi connectivity index (χ3n) is 4.65. The van der Waals surface area contributed by atoms with Crippen LogP contribution in [0.25, 0.3) is 0 Å². The van der Waals surface area contributed by atoms with Crippen molar-refractivity contribution in [1.29, 1.82) is 0 Å². The van der Waals surface area contributed by atoms with E-state index in [0.29, 0.717) is 25.0 Å². The highest BCUT2D eigenvalue weighted by Crippen LogP contribution is 2.35. The number of hydrogen-bond acceptors (Lipinski definition) is 4. The summed E-state index contributed by atoms with van der Waals surface area (Å²) in [4.78, 5) is -0.295. The van der Waals surface area contributed by atoms with Crippen LogP contribution in [0.1, 0.15) is 36.7 Å². The van der Waals surface area contributed by atoms with Gasteiger partial charge in [-0.1, -0.05) is 0 Å². The zero-order valence-corrected chi connectivity index (χ0v) is 16.5. The first kappa shape index (κ1) is 21.6. The molecule has 0 unspecified atom stereocenters. The maximum Gasteiger partial charge on any atom is 0.435 e. The number of sulfonamides is 1. The molecule has 0 atom stereocenters.